The Balaban J connectivity index is -0.0000000399. The highest BCUT2D eigenvalue weighted by Crippen LogP contribution is 1.35. The number of rotatable bonds is 0. The summed E-state index contributed by atoms with van der Waals surface area (Å²) in [5, 5.41) is 28.8. The second-order valence-corrected chi connectivity index (χ2v) is 1.35. The molecule has 108 valence electrons. The lowest BCUT2D eigenvalue weighted by molar-refractivity contribution is -0.0980. The second kappa shape index (κ2) is 29.2. The van der Waals surface area contributed by atoms with E-state index in [1.165, 1.54) is 0 Å². The first-order valence-electron chi connectivity index (χ1n) is 3.15. The Bertz CT molecular complexity index is 179. The van der Waals surface area contributed by atoms with E-state index in [1.807, 2.05) is 6.79 Å². The molecule has 4 amide bonds. The van der Waals surface area contributed by atoms with Crippen molar-refractivity contribution in [1.82, 2.24) is 0 Å². The van der Waals surface area contributed by atoms with Crippen LogP contribution in [0.4, 0.5) is 19.2 Å². The van der Waals surface area contributed by atoms with Gasteiger partial charge < -0.3 is 48.2 Å². The lowest BCUT2D eigenvalue weighted by Gasteiger charge is -1.61. The maximum absolute atomic E-state index is 8.78. The lowest BCUT2D eigenvalue weighted by Crippen LogP contribution is -2.03. The molecule has 0 aliphatic heterocycles. The SMILES string of the molecule is C=O.NC(=O)O.NC(=O)O.NC(=O)O.NC(=O)O. The van der Waals surface area contributed by atoms with Crippen molar-refractivity contribution in [3.05, 3.63) is 0 Å². The number of carbonyl (C=O) groups excluding carboxylic acids is 1. The zero-order valence-corrected chi connectivity index (χ0v) is 8.85. The van der Waals surface area contributed by atoms with E-state index in [-0.39, 0.29) is 0 Å². The van der Waals surface area contributed by atoms with E-state index in [9.17, 15) is 0 Å². The first kappa shape index (κ1) is 29.3. The van der Waals surface area contributed by atoms with Crippen LogP contribution in [0.1, 0.15) is 0 Å². The van der Waals surface area contributed by atoms with Gasteiger partial charge in [0.2, 0.25) is 0 Å². The molecule has 0 aliphatic rings. The van der Waals surface area contributed by atoms with E-state index in [4.69, 9.17) is 44.4 Å². The summed E-state index contributed by atoms with van der Waals surface area (Å²) in [7, 11) is 0. The first-order chi connectivity index (χ1) is 7.93. The van der Waals surface area contributed by atoms with Crippen LogP contribution in [0.3, 0.4) is 0 Å². The number of amides is 4. The Morgan fingerprint density at radius 1 is 0.556 bits per heavy atom. The summed E-state index contributed by atoms with van der Waals surface area (Å²) in [4.78, 5) is 43.1. The highest BCUT2D eigenvalue weighted by Gasteiger charge is 1.66. The third-order valence-corrected chi connectivity index (χ3v) is 0. The van der Waals surface area contributed by atoms with Gasteiger partial charge in [-0.05, 0) is 0 Å². The summed E-state index contributed by atoms with van der Waals surface area (Å²) >= 11 is 0. The number of carbonyl (C=O) groups is 5. The molecule has 0 heterocycles. The average Bonchev–Trinajstić information content (AvgIpc) is 2.01. The van der Waals surface area contributed by atoms with Crippen LogP contribution in [0.5, 0.6) is 0 Å². The Hall–Kier alpha value is -3.25. The molecule has 0 aromatic rings. The van der Waals surface area contributed by atoms with Gasteiger partial charge in [0.15, 0.2) is 0 Å². The molecule has 0 bridgehead atoms. The fourth-order valence-electron chi connectivity index (χ4n) is 0. The standard InChI is InChI=1S/4CH3NO2.CH2O/c4*2-1(3)4;1-2/h4*2H2,(H,3,4);1H2. The number of hydrogen-bond donors (Lipinski definition) is 8. The molecule has 0 saturated heterocycles. The van der Waals surface area contributed by atoms with Crippen molar-refractivity contribution in [3.63, 3.8) is 0 Å². The van der Waals surface area contributed by atoms with Crippen LogP contribution in [0, 0.1) is 0 Å². The van der Waals surface area contributed by atoms with Crippen LogP contribution < -0.4 is 22.9 Å². The van der Waals surface area contributed by atoms with Crippen molar-refractivity contribution in [1.29, 1.82) is 0 Å². The van der Waals surface area contributed by atoms with Crippen molar-refractivity contribution >= 4 is 31.2 Å². The Labute approximate surface area is 99.6 Å². The summed E-state index contributed by atoms with van der Waals surface area (Å²) in [6, 6.07) is 0. The van der Waals surface area contributed by atoms with Crippen molar-refractivity contribution in [3.8, 4) is 0 Å². The zero-order chi connectivity index (χ0) is 16.3. The highest BCUT2D eigenvalue weighted by molar-refractivity contribution is 5.62. The molecule has 0 aliphatic carbocycles. The molecule has 18 heavy (non-hydrogen) atoms. The minimum atomic E-state index is -1.33. The average molecular weight is 274 g/mol. The van der Waals surface area contributed by atoms with E-state index in [2.05, 4.69) is 22.9 Å². The van der Waals surface area contributed by atoms with Gasteiger partial charge in [-0.25, -0.2) is 19.2 Å². The molecule has 0 radical (unpaired) electrons. The fourth-order valence-corrected chi connectivity index (χ4v) is 0. The minimum Gasteiger partial charge on any atom is -0.465 e. The zero-order valence-electron chi connectivity index (χ0n) is 8.85. The summed E-state index contributed by atoms with van der Waals surface area (Å²) in [5.74, 6) is 0. The van der Waals surface area contributed by atoms with Gasteiger partial charge >= 0.3 is 24.4 Å². The van der Waals surface area contributed by atoms with Gasteiger partial charge in [-0.3, -0.25) is 0 Å². The highest BCUT2D eigenvalue weighted by atomic mass is 16.4. The normalized spacial score (nSPS) is 5.56. The summed E-state index contributed by atoms with van der Waals surface area (Å²) in [5.41, 5.74) is 16.1. The van der Waals surface area contributed by atoms with Crippen LogP contribution >= 0.6 is 0 Å². The molecule has 0 rings (SSSR count). The molecule has 13 nitrogen and oxygen atoms in total. The number of carboxylic acid groups (broad SMARTS) is 4. The Morgan fingerprint density at radius 3 is 0.556 bits per heavy atom. The molecule has 0 spiro atoms. The number of nitrogens with two attached hydrogens (primary N) is 4. The molecule has 0 atom stereocenters. The van der Waals surface area contributed by atoms with Crippen molar-refractivity contribution in [2.45, 2.75) is 0 Å². The Kier molecular flexibility index (Phi) is 47.6. The quantitative estimate of drug-likeness (QED) is 0.249. The largest absolute Gasteiger partial charge is 0.465 e. The van der Waals surface area contributed by atoms with Gasteiger partial charge in [-0.1, -0.05) is 0 Å². The van der Waals surface area contributed by atoms with Crippen LogP contribution in [-0.2, 0) is 4.79 Å². The molecule has 0 aromatic heterocycles. The smallest absolute Gasteiger partial charge is 0.402 e. The van der Waals surface area contributed by atoms with Crippen LogP contribution in [0.2, 0.25) is 0 Å². The predicted molar refractivity (Wildman–Crippen MR) is 56.0 cm³/mol. The molecule has 0 unspecified atom stereocenters. The third kappa shape index (κ3) is 167. The van der Waals surface area contributed by atoms with Crippen molar-refractivity contribution < 1.29 is 44.4 Å². The van der Waals surface area contributed by atoms with Gasteiger partial charge in [0.1, 0.15) is 6.79 Å². The Morgan fingerprint density at radius 2 is 0.556 bits per heavy atom. The molecular weight excluding hydrogens is 260 g/mol. The summed E-state index contributed by atoms with van der Waals surface area (Å²) < 4.78 is 0. The van der Waals surface area contributed by atoms with E-state index in [0.29, 0.717) is 0 Å². The topological polar surface area (TPSA) is 270 Å². The summed E-state index contributed by atoms with van der Waals surface area (Å²) in [6.45, 7) is 2.00. The van der Waals surface area contributed by atoms with Gasteiger partial charge in [0.25, 0.3) is 0 Å². The molecular formula is C5H14N4O9. The van der Waals surface area contributed by atoms with Crippen molar-refractivity contribution in [2.24, 2.45) is 22.9 Å². The van der Waals surface area contributed by atoms with Gasteiger partial charge in [0, 0.05) is 0 Å². The molecule has 0 fully saturated rings. The fraction of sp³-hybridized carbons (Fsp3) is 0. The third-order valence-electron chi connectivity index (χ3n) is 0. The van der Waals surface area contributed by atoms with Crippen LogP contribution in [0.25, 0.3) is 0 Å². The van der Waals surface area contributed by atoms with Gasteiger partial charge in [-0.2, -0.15) is 0 Å². The predicted octanol–water partition coefficient (Wildman–Crippen LogP) is -1.69. The van der Waals surface area contributed by atoms with Crippen molar-refractivity contribution in [2.75, 3.05) is 0 Å². The lowest BCUT2D eigenvalue weighted by atomic mass is 11.3. The van der Waals surface area contributed by atoms with Gasteiger partial charge in [-0.15, -0.1) is 0 Å². The molecule has 13 heteroatoms. The van der Waals surface area contributed by atoms with E-state index < -0.39 is 24.4 Å². The molecule has 0 saturated carbocycles. The van der Waals surface area contributed by atoms with E-state index in [1.54, 1.807) is 0 Å². The van der Waals surface area contributed by atoms with E-state index in [0.717, 1.165) is 0 Å². The number of primary amides is 4. The monoisotopic (exact) mass is 274 g/mol. The van der Waals surface area contributed by atoms with E-state index >= 15 is 0 Å². The summed E-state index contributed by atoms with van der Waals surface area (Å²) in [6.07, 6.45) is -5.33. The molecule has 0 aromatic carbocycles. The first-order valence-corrected chi connectivity index (χ1v) is 3.15. The minimum absolute atomic E-state index is 1.33. The van der Waals surface area contributed by atoms with Crippen LogP contribution in [-0.4, -0.2) is 51.6 Å². The van der Waals surface area contributed by atoms with Crippen LogP contribution in [0.15, 0.2) is 0 Å². The van der Waals surface area contributed by atoms with Gasteiger partial charge in [0.05, 0.1) is 0 Å². The maximum atomic E-state index is 8.78. The second-order valence-electron chi connectivity index (χ2n) is 1.35. The molecule has 12 N–H and O–H groups in total. The number of hydrogen-bond acceptors (Lipinski definition) is 5. The maximum Gasteiger partial charge on any atom is 0.402 e.